The second-order valence-electron chi connectivity index (χ2n) is 14.2. The van der Waals surface area contributed by atoms with E-state index >= 15 is 0 Å². The molecule has 0 aliphatic carbocycles. The average molecular weight is 766 g/mol. The van der Waals surface area contributed by atoms with Gasteiger partial charge in [0.1, 0.15) is 18.0 Å². The number of hydrogen-bond acceptors (Lipinski definition) is 9. The summed E-state index contributed by atoms with van der Waals surface area (Å²) in [6.07, 6.45) is 3.49. The topological polar surface area (TPSA) is 162 Å². The molecule has 0 saturated carbocycles. The van der Waals surface area contributed by atoms with Gasteiger partial charge >= 0.3 is 0 Å². The van der Waals surface area contributed by atoms with Gasteiger partial charge in [-0.3, -0.25) is 19.2 Å². The highest BCUT2D eigenvalue weighted by Gasteiger charge is 2.51. The summed E-state index contributed by atoms with van der Waals surface area (Å²) in [6.45, 7) is 5.32. The maximum absolute atomic E-state index is 14.7. The lowest BCUT2D eigenvalue weighted by Crippen LogP contribution is -2.75. The highest BCUT2D eigenvalue weighted by Crippen LogP contribution is 2.32. The van der Waals surface area contributed by atoms with Crippen molar-refractivity contribution in [1.82, 2.24) is 34.6 Å². The van der Waals surface area contributed by atoms with Crippen molar-refractivity contribution in [3.05, 3.63) is 114 Å². The lowest BCUT2D eigenvalue weighted by molar-refractivity contribution is -0.205. The summed E-state index contributed by atoms with van der Waals surface area (Å²) in [6, 6.07) is 21.0. The number of carbonyl (C=O) groups is 4. The molecule has 6 rings (SSSR count). The summed E-state index contributed by atoms with van der Waals surface area (Å²) < 4.78 is 1.86. The van der Waals surface area contributed by atoms with E-state index in [1.54, 1.807) is 61.3 Å². The third-order valence-electron chi connectivity index (χ3n) is 10.4. The summed E-state index contributed by atoms with van der Waals surface area (Å²) in [5, 5.41) is 36.0. The molecule has 0 spiro atoms. The van der Waals surface area contributed by atoms with Gasteiger partial charge in [-0.25, -0.2) is 10.0 Å². The number of piperazine rings is 1. The van der Waals surface area contributed by atoms with Gasteiger partial charge in [-0.2, -0.15) is 0 Å². The van der Waals surface area contributed by atoms with Crippen molar-refractivity contribution in [3.63, 3.8) is 0 Å². The largest absolute Gasteiger partial charge is 0.508 e. The number of phenolic OH excluding ortho intramolecular Hbond substituents is 1. The Morgan fingerprint density at radius 2 is 1.71 bits per heavy atom. The molecule has 2 atom stereocenters. The Morgan fingerprint density at radius 3 is 2.43 bits per heavy atom. The molecule has 14 nitrogen and oxygen atoms in total. The fourth-order valence-electron chi connectivity index (χ4n) is 7.85. The minimum atomic E-state index is -0.933. The Balaban J connectivity index is 1.35. The van der Waals surface area contributed by atoms with Gasteiger partial charge in [-0.05, 0) is 35.2 Å². The number of aliphatic hydroxyl groups excluding tert-OH is 2. The molecule has 0 bridgehead atoms. The molecule has 2 saturated heterocycles. The van der Waals surface area contributed by atoms with Crippen LogP contribution in [0.5, 0.6) is 5.75 Å². The number of fused-ring (bicyclic) bond motifs is 2. The summed E-state index contributed by atoms with van der Waals surface area (Å²) in [4.78, 5) is 61.7. The van der Waals surface area contributed by atoms with Crippen LogP contribution >= 0.6 is 0 Å². The van der Waals surface area contributed by atoms with Crippen molar-refractivity contribution in [2.45, 2.75) is 38.0 Å². The Hall–Kier alpha value is -5.54. The van der Waals surface area contributed by atoms with Gasteiger partial charge < -0.3 is 39.9 Å². The fraction of sp³-hybridized carbons (Fsp3) is 0.381. The first-order valence-electron chi connectivity index (χ1n) is 19.0. The number of rotatable bonds is 17. The van der Waals surface area contributed by atoms with E-state index in [9.17, 15) is 29.4 Å². The van der Waals surface area contributed by atoms with Gasteiger partial charge in [-0.1, -0.05) is 66.7 Å². The highest BCUT2D eigenvalue weighted by molar-refractivity contribution is 6.07. The molecule has 2 aliphatic rings. The van der Waals surface area contributed by atoms with E-state index in [1.165, 1.54) is 0 Å². The number of para-hydroxylation sites is 1. The predicted molar refractivity (Wildman–Crippen MR) is 211 cm³/mol. The Kier molecular flexibility index (Phi) is 13.2. The van der Waals surface area contributed by atoms with Crippen LogP contribution in [0.15, 0.2) is 91.6 Å². The predicted octanol–water partition coefficient (Wildman–Crippen LogP) is 1.89. The van der Waals surface area contributed by atoms with E-state index in [0.717, 1.165) is 22.2 Å². The second kappa shape index (κ2) is 18.4. The van der Waals surface area contributed by atoms with Crippen LogP contribution in [0.25, 0.3) is 10.9 Å². The van der Waals surface area contributed by atoms with Crippen molar-refractivity contribution in [2.24, 2.45) is 7.05 Å². The van der Waals surface area contributed by atoms with Crippen molar-refractivity contribution in [3.8, 4) is 5.75 Å². The molecular formula is C42H51N7O7. The number of phenols is 1. The van der Waals surface area contributed by atoms with Crippen molar-refractivity contribution >= 4 is 34.5 Å². The molecule has 2 fully saturated rings. The minimum absolute atomic E-state index is 0.0259. The molecule has 3 heterocycles. The first-order valence-corrected chi connectivity index (χ1v) is 19.0. The fourth-order valence-corrected chi connectivity index (χ4v) is 7.85. The van der Waals surface area contributed by atoms with E-state index in [0.29, 0.717) is 37.0 Å². The number of benzene rings is 3. The van der Waals surface area contributed by atoms with Crippen LogP contribution < -0.4 is 5.32 Å². The van der Waals surface area contributed by atoms with Gasteiger partial charge in [0, 0.05) is 70.7 Å². The maximum atomic E-state index is 14.7. The van der Waals surface area contributed by atoms with Gasteiger partial charge in [0.2, 0.25) is 17.7 Å². The van der Waals surface area contributed by atoms with Crippen LogP contribution in [0.3, 0.4) is 0 Å². The summed E-state index contributed by atoms with van der Waals surface area (Å²) in [5.74, 6) is -0.892. The molecule has 1 aromatic heterocycles. The number of amides is 4. The number of hydrogen-bond donors (Lipinski definition) is 4. The number of aromatic hydroxyl groups is 1. The molecule has 56 heavy (non-hydrogen) atoms. The number of aliphatic hydroxyl groups is 2. The van der Waals surface area contributed by atoms with Gasteiger partial charge in [0.15, 0.2) is 0 Å². The lowest BCUT2D eigenvalue weighted by Gasteiger charge is -2.55. The quantitative estimate of drug-likeness (QED) is 0.0930. The Labute approximate surface area is 326 Å². The number of carbonyl (C=O) groups excluding carboxylic acids is 4. The highest BCUT2D eigenvalue weighted by atomic mass is 16.3. The summed E-state index contributed by atoms with van der Waals surface area (Å²) in [5.41, 5.74) is 3.75. The number of hydrazine groups is 1. The van der Waals surface area contributed by atoms with E-state index in [4.69, 9.17) is 5.11 Å². The number of aryl methyl sites for hydroxylation is 2. The standard InChI is InChI=1S/C42H51N7O7/c1-3-20-47-29-39(54)48-36(25-31-12-15-33(52)16-13-31)42(56)46(28-37(48)49(47)38(53)17-14-30-8-5-4-6-9-30)26-32-10-7-11-34-35(27-44(2)40(32)34)41(55)45(22-24-51)21-18-43-19-23-50/h3-13,15-16,27,36-37,43,50-52H,1,14,17-26,28-29H2,2H3/t36-,37-/m0/s1. The molecule has 0 radical (unpaired) electrons. The van der Waals surface area contributed by atoms with E-state index in [1.807, 2.05) is 60.1 Å². The molecule has 4 N–H and O–H groups in total. The van der Waals surface area contributed by atoms with Gasteiger partial charge in [-0.15, -0.1) is 6.58 Å². The molecular weight excluding hydrogens is 715 g/mol. The summed E-state index contributed by atoms with van der Waals surface area (Å²) >= 11 is 0. The number of nitrogens with one attached hydrogen (secondary N) is 1. The number of nitrogens with zero attached hydrogens (tertiary/aromatic N) is 6. The van der Waals surface area contributed by atoms with Crippen LogP contribution in [0.2, 0.25) is 0 Å². The first-order chi connectivity index (χ1) is 27.1. The van der Waals surface area contributed by atoms with Gasteiger partial charge in [0.25, 0.3) is 5.91 Å². The van der Waals surface area contributed by atoms with Crippen LogP contribution in [0.1, 0.15) is 33.5 Å². The minimum Gasteiger partial charge on any atom is -0.508 e. The van der Waals surface area contributed by atoms with Crippen molar-refractivity contribution in [1.29, 1.82) is 0 Å². The Bertz CT molecular complexity index is 2020. The van der Waals surface area contributed by atoms with Crippen LogP contribution in [0.4, 0.5) is 0 Å². The van der Waals surface area contributed by atoms with Crippen LogP contribution in [-0.4, -0.2) is 139 Å². The molecule has 3 aromatic carbocycles. The number of aromatic nitrogens is 1. The average Bonchev–Trinajstić information content (AvgIpc) is 3.54. The normalized spacial score (nSPS) is 17.4. The van der Waals surface area contributed by atoms with E-state index < -0.39 is 12.2 Å². The van der Waals surface area contributed by atoms with E-state index in [-0.39, 0.29) is 88.2 Å². The summed E-state index contributed by atoms with van der Waals surface area (Å²) in [7, 11) is 1.84. The van der Waals surface area contributed by atoms with Crippen LogP contribution in [-0.2, 0) is 40.8 Å². The zero-order valence-electron chi connectivity index (χ0n) is 31.8. The Morgan fingerprint density at radius 1 is 0.946 bits per heavy atom. The zero-order valence-corrected chi connectivity index (χ0v) is 31.8. The third kappa shape index (κ3) is 8.79. The maximum Gasteiger partial charge on any atom is 0.256 e. The molecule has 14 heteroatoms. The van der Waals surface area contributed by atoms with Crippen molar-refractivity contribution < 1.29 is 34.5 Å². The molecule has 296 valence electrons. The smallest absolute Gasteiger partial charge is 0.256 e. The van der Waals surface area contributed by atoms with Gasteiger partial charge in [0.05, 0.1) is 37.4 Å². The zero-order chi connectivity index (χ0) is 39.8. The molecule has 2 aliphatic heterocycles. The molecule has 4 amide bonds. The molecule has 0 unspecified atom stereocenters. The third-order valence-corrected chi connectivity index (χ3v) is 10.4. The van der Waals surface area contributed by atoms with E-state index in [2.05, 4.69) is 11.9 Å². The second-order valence-corrected chi connectivity index (χ2v) is 14.2. The first kappa shape index (κ1) is 40.1. The van der Waals surface area contributed by atoms with Crippen LogP contribution in [0, 0.1) is 0 Å². The van der Waals surface area contributed by atoms with Crippen molar-refractivity contribution in [2.75, 3.05) is 59.0 Å². The SMILES string of the molecule is C=CCN1CC(=O)N2[C@@H](Cc3ccc(O)cc3)C(=O)N(Cc3cccc4c(C(=O)N(CCO)CCNCCO)cn(C)c34)C[C@@H]2N1C(=O)CCc1ccccc1. The lowest BCUT2D eigenvalue weighted by atomic mass is 9.97. The molecule has 4 aromatic rings. The monoisotopic (exact) mass is 765 g/mol.